The Balaban J connectivity index is 1.45. The van der Waals surface area contributed by atoms with Gasteiger partial charge in [-0.1, -0.05) is 18.2 Å². The number of hydrogen-bond acceptors (Lipinski definition) is 6. The van der Waals surface area contributed by atoms with E-state index in [0.717, 1.165) is 13.0 Å². The van der Waals surface area contributed by atoms with Gasteiger partial charge in [0.2, 0.25) is 11.8 Å². The number of hydrogen-bond donors (Lipinski definition) is 2. The van der Waals surface area contributed by atoms with Gasteiger partial charge in [-0.2, -0.15) is 4.98 Å². The molecule has 1 aromatic heterocycles. The van der Waals surface area contributed by atoms with Gasteiger partial charge in [-0.05, 0) is 17.6 Å². The summed E-state index contributed by atoms with van der Waals surface area (Å²) in [6.07, 6.45) is 11.2. The fourth-order valence-corrected chi connectivity index (χ4v) is 3.14. The molecular formula is C17H18N4O3. The SMILES string of the molecule is O=C(O)C1CC(Oc2ccnc(N3C=C4CC=CC=C4C3)n2)CN1. The van der Waals surface area contributed by atoms with Gasteiger partial charge in [0.05, 0.1) is 6.54 Å². The molecule has 2 aliphatic heterocycles. The molecular weight excluding hydrogens is 308 g/mol. The Labute approximate surface area is 139 Å². The Morgan fingerprint density at radius 3 is 3.12 bits per heavy atom. The highest BCUT2D eigenvalue weighted by Crippen LogP contribution is 2.29. The molecule has 2 atom stereocenters. The summed E-state index contributed by atoms with van der Waals surface area (Å²) >= 11 is 0. The Morgan fingerprint density at radius 1 is 1.42 bits per heavy atom. The first-order valence-corrected chi connectivity index (χ1v) is 7.98. The topological polar surface area (TPSA) is 87.6 Å². The fraction of sp³-hybridized carbons (Fsp3) is 0.353. The van der Waals surface area contributed by atoms with Crippen molar-refractivity contribution in [3.63, 3.8) is 0 Å². The molecule has 0 amide bonds. The maximum Gasteiger partial charge on any atom is 0.320 e. The number of aromatic nitrogens is 2. The third-order valence-corrected chi connectivity index (χ3v) is 4.39. The maximum absolute atomic E-state index is 11.0. The number of nitrogens with one attached hydrogen (secondary N) is 1. The second-order valence-corrected chi connectivity index (χ2v) is 6.08. The minimum absolute atomic E-state index is 0.194. The number of carboxylic acid groups (broad SMARTS) is 1. The molecule has 0 aromatic carbocycles. The van der Waals surface area contributed by atoms with Crippen molar-refractivity contribution in [2.45, 2.75) is 25.0 Å². The van der Waals surface area contributed by atoms with Gasteiger partial charge in [0.25, 0.3) is 0 Å². The fourth-order valence-electron chi connectivity index (χ4n) is 3.14. The normalized spacial score (nSPS) is 25.2. The van der Waals surface area contributed by atoms with Crippen LogP contribution in [0.5, 0.6) is 5.88 Å². The summed E-state index contributed by atoms with van der Waals surface area (Å²) in [6, 6.07) is 1.15. The van der Waals surface area contributed by atoms with Gasteiger partial charge < -0.3 is 20.1 Å². The Morgan fingerprint density at radius 2 is 2.33 bits per heavy atom. The first-order valence-electron chi connectivity index (χ1n) is 7.98. The number of carbonyl (C=O) groups is 1. The van der Waals surface area contributed by atoms with Gasteiger partial charge in [-0.15, -0.1) is 0 Å². The van der Waals surface area contributed by atoms with E-state index >= 15 is 0 Å². The highest BCUT2D eigenvalue weighted by Gasteiger charge is 2.31. The van der Waals surface area contributed by atoms with E-state index in [1.165, 1.54) is 11.1 Å². The van der Waals surface area contributed by atoms with Crippen molar-refractivity contribution in [1.82, 2.24) is 15.3 Å². The van der Waals surface area contributed by atoms with Crippen LogP contribution in [0.25, 0.3) is 0 Å². The third-order valence-electron chi connectivity index (χ3n) is 4.39. The minimum atomic E-state index is -0.849. The smallest absolute Gasteiger partial charge is 0.320 e. The lowest BCUT2D eigenvalue weighted by atomic mass is 10.0. The molecule has 1 fully saturated rings. The number of rotatable bonds is 4. The standard InChI is InChI=1S/C17H18N4O3/c22-16(23)14-7-13(8-19-14)24-15-5-6-18-17(20-15)21-9-11-3-1-2-4-12(11)10-21/h1-3,5-6,10,13-14,19H,4,7-9H2,(H,22,23). The number of ether oxygens (including phenoxy) is 1. The molecule has 24 heavy (non-hydrogen) atoms. The van der Waals surface area contributed by atoms with Crippen LogP contribution in [0.4, 0.5) is 5.95 Å². The highest BCUT2D eigenvalue weighted by molar-refractivity contribution is 5.73. The molecule has 124 valence electrons. The van der Waals surface area contributed by atoms with Crippen LogP contribution >= 0.6 is 0 Å². The van der Waals surface area contributed by atoms with Crippen molar-refractivity contribution < 1.29 is 14.6 Å². The van der Waals surface area contributed by atoms with Gasteiger partial charge >= 0.3 is 5.97 Å². The van der Waals surface area contributed by atoms with Crippen LogP contribution in [0, 0.1) is 0 Å². The lowest BCUT2D eigenvalue weighted by Gasteiger charge is -2.16. The van der Waals surface area contributed by atoms with Crippen molar-refractivity contribution in [2.24, 2.45) is 0 Å². The summed E-state index contributed by atoms with van der Waals surface area (Å²) in [5.74, 6) is 0.215. The number of allylic oxidation sites excluding steroid dienone is 3. The van der Waals surface area contributed by atoms with Gasteiger partial charge in [-0.25, -0.2) is 4.98 Å². The molecule has 7 heteroatoms. The summed E-state index contributed by atoms with van der Waals surface area (Å²) in [4.78, 5) is 21.8. The molecule has 0 radical (unpaired) electrons. The summed E-state index contributed by atoms with van der Waals surface area (Å²) in [6.45, 7) is 1.26. The molecule has 3 aliphatic rings. The minimum Gasteiger partial charge on any atom is -0.480 e. The van der Waals surface area contributed by atoms with Crippen LogP contribution in [0.1, 0.15) is 12.8 Å². The molecule has 0 spiro atoms. The molecule has 2 N–H and O–H groups in total. The molecule has 1 aromatic rings. The van der Waals surface area contributed by atoms with E-state index in [1.54, 1.807) is 12.3 Å². The molecule has 3 heterocycles. The number of carboxylic acids is 1. The molecule has 4 rings (SSSR count). The first-order chi connectivity index (χ1) is 11.7. The van der Waals surface area contributed by atoms with Crippen LogP contribution in [-0.2, 0) is 4.79 Å². The lowest BCUT2D eigenvalue weighted by molar-refractivity contribution is -0.139. The van der Waals surface area contributed by atoms with E-state index in [-0.39, 0.29) is 6.10 Å². The lowest BCUT2D eigenvalue weighted by Crippen LogP contribution is -2.30. The van der Waals surface area contributed by atoms with E-state index in [9.17, 15) is 4.79 Å². The monoisotopic (exact) mass is 326 g/mol. The largest absolute Gasteiger partial charge is 0.480 e. The average molecular weight is 326 g/mol. The number of nitrogens with zero attached hydrogens (tertiary/aromatic N) is 3. The van der Waals surface area contributed by atoms with Crippen molar-refractivity contribution >= 4 is 11.9 Å². The predicted octanol–water partition coefficient (Wildman–Crippen LogP) is 1.26. The van der Waals surface area contributed by atoms with E-state index in [1.807, 2.05) is 4.90 Å². The van der Waals surface area contributed by atoms with Crippen molar-refractivity contribution in [1.29, 1.82) is 0 Å². The highest BCUT2D eigenvalue weighted by atomic mass is 16.5. The molecule has 7 nitrogen and oxygen atoms in total. The first kappa shape index (κ1) is 14.9. The van der Waals surface area contributed by atoms with Crippen LogP contribution in [0.3, 0.4) is 0 Å². The Kier molecular flexibility index (Phi) is 3.78. The van der Waals surface area contributed by atoms with Crippen molar-refractivity contribution in [2.75, 3.05) is 18.0 Å². The summed E-state index contributed by atoms with van der Waals surface area (Å²) < 4.78 is 5.82. The zero-order valence-electron chi connectivity index (χ0n) is 13.1. The van der Waals surface area contributed by atoms with Gasteiger partial charge in [-0.3, -0.25) is 4.79 Å². The second-order valence-electron chi connectivity index (χ2n) is 6.08. The summed E-state index contributed by atoms with van der Waals surface area (Å²) in [7, 11) is 0. The van der Waals surface area contributed by atoms with Crippen molar-refractivity contribution in [3.8, 4) is 5.88 Å². The maximum atomic E-state index is 11.0. The van der Waals surface area contributed by atoms with Crippen LogP contribution < -0.4 is 15.0 Å². The Hall–Kier alpha value is -2.67. The van der Waals surface area contributed by atoms with Gasteiger partial charge in [0.15, 0.2) is 0 Å². The molecule has 2 unspecified atom stereocenters. The van der Waals surface area contributed by atoms with Crippen LogP contribution in [0.15, 0.2) is 47.8 Å². The van der Waals surface area contributed by atoms with E-state index in [4.69, 9.17) is 9.84 Å². The number of aliphatic carboxylic acids is 1. The quantitative estimate of drug-likeness (QED) is 0.861. The second kappa shape index (κ2) is 6.09. The third kappa shape index (κ3) is 2.90. The average Bonchev–Trinajstić information content (AvgIpc) is 3.21. The molecule has 1 aliphatic carbocycles. The van der Waals surface area contributed by atoms with E-state index in [2.05, 4.69) is 39.7 Å². The number of anilines is 1. The van der Waals surface area contributed by atoms with Gasteiger partial charge in [0, 0.05) is 31.4 Å². The summed E-state index contributed by atoms with van der Waals surface area (Å²) in [5, 5.41) is 11.9. The molecule has 0 saturated carbocycles. The van der Waals surface area contributed by atoms with Crippen LogP contribution in [-0.4, -0.2) is 46.3 Å². The predicted molar refractivity (Wildman–Crippen MR) is 87.8 cm³/mol. The zero-order chi connectivity index (χ0) is 16.5. The van der Waals surface area contributed by atoms with E-state index < -0.39 is 12.0 Å². The molecule has 0 bridgehead atoms. The van der Waals surface area contributed by atoms with E-state index in [0.29, 0.717) is 24.8 Å². The van der Waals surface area contributed by atoms with Crippen LogP contribution in [0.2, 0.25) is 0 Å². The zero-order valence-corrected chi connectivity index (χ0v) is 13.1. The van der Waals surface area contributed by atoms with Gasteiger partial charge in [0.1, 0.15) is 12.1 Å². The Bertz CT molecular complexity index is 756. The van der Waals surface area contributed by atoms with Crippen molar-refractivity contribution in [3.05, 3.63) is 47.8 Å². The number of fused-ring (bicyclic) bond motifs is 1. The molecule has 1 saturated heterocycles. The summed E-state index contributed by atoms with van der Waals surface area (Å²) in [5.41, 5.74) is 2.58.